The molecule has 3 aromatic rings. The smallest absolute Gasteiger partial charge is 0.262 e. The number of rotatable bonds is 7. The van der Waals surface area contributed by atoms with Gasteiger partial charge in [-0.3, -0.25) is 4.79 Å². The Balaban J connectivity index is 1.97. The maximum absolute atomic E-state index is 14.1. The number of hydrogen-bond acceptors (Lipinski definition) is 3. The van der Waals surface area contributed by atoms with E-state index in [1.165, 1.54) is 13.2 Å². The molecular formula is C22H20FN3O2. The van der Waals surface area contributed by atoms with Gasteiger partial charge in [-0.05, 0) is 18.2 Å². The summed E-state index contributed by atoms with van der Waals surface area (Å²) in [5.41, 5.74) is 2.20. The van der Waals surface area contributed by atoms with E-state index in [-0.39, 0.29) is 11.4 Å². The maximum atomic E-state index is 14.1. The molecule has 1 N–H and O–H groups in total. The zero-order chi connectivity index (χ0) is 19.9. The van der Waals surface area contributed by atoms with Gasteiger partial charge < -0.3 is 14.6 Å². The summed E-state index contributed by atoms with van der Waals surface area (Å²) >= 11 is 0. The molecule has 1 heterocycles. The van der Waals surface area contributed by atoms with E-state index in [2.05, 4.69) is 5.32 Å². The van der Waals surface area contributed by atoms with Gasteiger partial charge in [0.15, 0.2) is 0 Å². The molecule has 0 aliphatic rings. The van der Waals surface area contributed by atoms with Crippen LogP contribution in [0.25, 0.3) is 17.0 Å². The number of para-hydroxylation sites is 1. The van der Waals surface area contributed by atoms with E-state index in [0.717, 1.165) is 16.5 Å². The highest BCUT2D eigenvalue weighted by Gasteiger charge is 2.13. The molecule has 0 saturated heterocycles. The fourth-order valence-electron chi connectivity index (χ4n) is 3.00. The van der Waals surface area contributed by atoms with E-state index < -0.39 is 5.91 Å². The molecule has 0 saturated carbocycles. The van der Waals surface area contributed by atoms with Crippen molar-refractivity contribution < 1.29 is 13.9 Å². The summed E-state index contributed by atoms with van der Waals surface area (Å²) in [5.74, 6) is -0.724. The van der Waals surface area contributed by atoms with Gasteiger partial charge in [0.2, 0.25) is 0 Å². The number of carbonyl (C=O) groups is 1. The molecule has 0 atom stereocenters. The number of amides is 1. The fourth-order valence-corrected chi connectivity index (χ4v) is 3.00. The normalized spacial score (nSPS) is 11.4. The van der Waals surface area contributed by atoms with Crippen LogP contribution in [0.1, 0.15) is 11.1 Å². The van der Waals surface area contributed by atoms with Crippen LogP contribution in [0.2, 0.25) is 0 Å². The highest BCUT2D eigenvalue weighted by molar-refractivity contribution is 6.04. The van der Waals surface area contributed by atoms with Crippen LogP contribution in [0.5, 0.6) is 0 Å². The summed E-state index contributed by atoms with van der Waals surface area (Å²) in [6, 6.07) is 16.2. The molecule has 2 aromatic carbocycles. The number of fused-ring (bicyclic) bond motifs is 1. The van der Waals surface area contributed by atoms with Crippen LogP contribution in [-0.2, 0) is 16.1 Å². The molecule has 0 spiro atoms. The number of methoxy groups -OCH3 is 1. The van der Waals surface area contributed by atoms with E-state index >= 15 is 0 Å². The van der Waals surface area contributed by atoms with Crippen molar-refractivity contribution in [2.45, 2.75) is 6.54 Å². The molecular weight excluding hydrogens is 357 g/mol. The Morgan fingerprint density at radius 3 is 2.75 bits per heavy atom. The molecule has 1 aromatic heterocycles. The van der Waals surface area contributed by atoms with Crippen molar-refractivity contribution in [3.8, 4) is 6.07 Å². The molecule has 142 valence electrons. The summed E-state index contributed by atoms with van der Waals surface area (Å²) < 4.78 is 20.9. The lowest BCUT2D eigenvalue weighted by atomic mass is 10.1. The highest BCUT2D eigenvalue weighted by atomic mass is 19.1. The summed E-state index contributed by atoms with van der Waals surface area (Å²) in [6.45, 7) is 1.04. The van der Waals surface area contributed by atoms with Crippen LogP contribution in [0, 0.1) is 17.1 Å². The van der Waals surface area contributed by atoms with Gasteiger partial charge in [-0.25, -0.2) is 4.39 Å². The van der Waals surface area contributed by atoms with Crippen LogP contribution < -0.4 is 5.32 Å². The number of nitriles is 1. The first-order valence-corrected chi connectivity index (χ1v) is 8.84. The lowest BCUT2D eigenvalue weighted by molar-refractivity contribution is -0.117. The predicted octanol–water partition coefficient (Wildman–Crippen LogP) is 3.50. The molecule has 3 rings (SSSR count). The number of hydrogen-bond donors (Lipinski definition) is 1. The number of benzene rings is 2. The molecule has 6 heteroatoms. The van der Waals surface area contributed by atoms with Crippen LogP contribution in [0.15, 0.2) is 60.3 Å². The van der Waals surface area contributed by atoms with Gasteiger partial charge in [0.1, 0.15) is 17.5 Å². The number of carbonyl (C=O) groups excluding carboxylic acids is 1. The van der Waals surface area contributed by atoms with Crippen molar-refractivity contribution in [3.05, 3.63) is 77.2 Å². The van der Waals surface area contributed by atoms with Crippen molar-refractivity contribution in [3.63, 3.8) is 0 Å². The van der Waals surface area contributed by atoms with E-state index in [1.54, 1.807) is 24.3 Å². The molecule has 0 aliphatic carbocycles. The second-order valence-corrected chi connectivity index (χ2v) is 6.24. The molecule has 0 aliphatic heterocycles. The van der Waals surface area contributed by atoms with Gasteiger partial charge in [-0.1, -0.05) is 36.4 Å². The van der Waals surface area contributed by atoms with Crippen LogP contribution in [0.3, 0.4) is 0 Å². The minimum absolute atomic E-state index is 0.00453. The van der Waals surface area contributed by atoms with Gasteiger partial charge in [-0.15, -0.1) is 0 Å². The topological polar surface area (TPSA) is 67.0 Å². The second kappa shape index (κ2) is 8.98. The zero-order valence-corrected chi connectivity index (χ0v) is 15.5. The Hall–Kier alpha value is -3.43. The lowest BCUT2D eigenvalue weighted by Gasteiger charge is -2.06. The standard InChI is InChI=1S/C22H20FN3O2/c1-28-11-10-25-22(27)17(13-24)12-18-15-26(21-9-5-3-7-19(18)21)14-16-6-2-4-8-20(16)23/h2-9,12,15H,10-11,14H2,1H3,(H,25,27)/b17-12-. The van der Waals surface area contributed by atoms with Crippen molar-refractivity contribution in [1.82, 2.24) is 9.88 Å². The molecule has 28 heavy (non-hydrogen) atoms. The van der Waals surface area contributed by atoms with Crippen molar-refractivity contribution in [2.75, 3.05) is 20.3 Å². The first-order chi connectivity index (χ1) is 13.6. The van der Waals surface area contributed by atoms with E-state index in [4.69, 9.17) is 4.74 Å². The fraction of sp³-hybridized carbons (Fsp3) is 0.182. The Morgan fingerprint density at radius 1 is 1.25 bits per heavy atom. The number of aromatic nitrogens is 1. The minimum Gasteiger partial charge on any atom is -0.383 e. The molecule has 0 bridgehead atoms. The highest BCUT2D eigenvalue weighted by Crippen LogP contribution is 2.25. The molecule has 5 nitrogen and oxygen atoms in total. The molecule has 0 fully saturated rings. The van der Waals surface area contributed by atoms with Crippen LogP contribution in [0.4, 0.5) is 4.39 Å². The first kappa shape index (κ1) is 19.3. The maximum Gasteiger partial charge on any atom is 0.262 e. The summed E-state index contributed by atoms with van der Waals surface area (Å²) in [6.07, 6.45) is 3.39. The summed E-state index contributed by atoms with van der Waals surface area (Å²) in [5, 5.41) is 12.9. The van der Waals surface area contributed by atoms with Gasteiger partial charge >= 0.3 is 0 Å². The van der Waals surface area contributed by atoms with Gasteiger partial charge in [-0.2, -0.15) is 5.26 Å². The first-order valence-electron chi connectivity index (χ1n) is 8.84. The molecule has 0 unspecified atom stereocenters. The Morgan fingerprint density at radius 2 is 2.00 bits per heavy atom. The van der Waals surface area contributed by atoms with E-state index in [1.807, 2.05) is 41.1 Å². The van der Waals surface area contributed by atoms with Gasteiger partial charge in [0, 0.05) is 41.9 Å². The number of nitrogens with zero attached hydrogens (tertiary/aromatic N) is 2. The third kappa shape index (κ3) is 4.27. The van der Waals surface area contributed by atoms with Crippen molar-refractivity contribution in [1.29, 1.82) is 5.26 Å². The summed E-state index contributed by atoms with van der Waals surface area (Å²) in [7, 11) is 1.54. The molecule has 1 amide bonds. The Kier molecular flexibility index (Phi) is 6.20. The molecule has 0 radical (unpaired) electrons. The third-order valence-electron chi connectivity index (χ3n) is 4.37. The lowest BCUT2D eigenvalue weighted by Crippen LogP contribution is -2.27. The number of nitrogens with one attached hydrogen (secondary N) is 1. The number of ether oxygens (including phenoxy) is 1. The second-order valence-electron chi connectivity index (χ2n) is 6.24. The van der Waals surface area contributed by atoms with Crippen LogP contribution >= 0.6 is 0 Å². The SMILES string of the molecule is COCCNC(=O)/C(C#N)=C\c1cn(Cc2ccccc2F)c2ccccc12. The van der Waals surface area contributed by atoms with Gasteiger partial charge in [0.25, 0.3) is 5.91 Å². The van der Waals surface area contributed by atoms with Crippen LogP contribution in [-0.4, -0.2) is 30.7 Å². The van der Waals surface area contributed by atoms with E-state index in [9.17, 15) is 14.4 Å². The zero-order valence-electron chi connectivity index (χ0n) is 15.5. The predicted molar refractivity (Wildman–Crippen MR) is 106 cm³/mol. The average Bonchev–Trinajstić information content (AvgIpc) is 3.05. The van der Waals surface area contributed by atoms with Crippen molar-refractivity contribution in [2.24, 2.45) is 0 Å². The average molecular weight is 377 g/mol. The largest absolute Gasteiger partial charge is 0.383 e. The number of halogens is 1. The summed E-state index contributed by atoms with van der Waals surface area (Å²) in [4.78, 5) is 12.2. The third-order valence-corrected chi connectivity index (χ3v) is 4.37. The monoisotopic (exact) mass is 377 g/mol. The van der Waals surface area contributed by atoms with Gasteiger partial charge in [0.05, 0.1) is 13.2 Å². The van der Waals surface area contributed by atoms with Crippen molar-refractivity contribution >= 4 is 22.9 Å². The minimum atomic E-state index is -0.453. The quantitative estimate of drug-likeness (QED) is 0.389. The van der Waals surface area contributed by atoms with E-state index in [0.29, 0.717) is 25.3 Å². The Bertz CT molecular complexity index is 1060. The Labute approximate surface area is 162 Å².